The molecule has 0 radical (unpaired) electrons. The molecule has 0 aliphatic rings. The van der Waals surface area contributed by atoms with Gasteiger partial charge in [0.25, 0.3) is 0 Å². The maximum absolute atomic E-state index is 5.44. The second-order valence-corrected chi connectivity index (χ2v) is 4.94. The van der Waals surface area contributed by atoms with Crippen LogP contribution in [0.4, 0.5) is 5.69 Å². The number of tetrazole rings is 1. The van der Waals surface area contributed by atoms with Gasteiger partial charge in [0.1, 0.15) is 6.33 Å². The summed E-state index contributed by atoms with van der Waals surface area (Å²) in [4.78, 5) is 0. The molecule has 1 heterocycles. The maximum atomic E-state index is 5.44. The van der Waals surface area contributed by atoms with Gasteiger partial charge in [0.05, 0.1) is 5.69 Å². The van der Waals surface area contributed by atoms with Gasteiger partial charge in [-0.15, -0.1) is 11.5 Å². The third-order valence-electron chi connectivity index (χ3n) is 3.40. The molecule has 1 atom stereocenters. The molecule has 3 rings (SSSR count). The summed E-state index contributed by atoms with van der Waals surface area (Å²) in [6, 6.07) is 16.0. The third-order valence-corrected chi connectivity index (χ3v) is 3.40. The van der Waals surface area contributed by atoms with Crippen LogP contribution < -0.4 is 5.32 Å². The number of nitrogens with zero attached hydrogens (tertiary/aromatic N) is 4. The van der Waals surface area contributed by atoms with E-state index in [2.05, 4.69) is 45.8 Å². The summed E-state index contributed by atoms with van der Waals surface area (Å²) in [7, 11) is 0. The Kier molecular flexibility index (Phi) is 3.84. The fourth-order valence-corrected chi connectivity index (χ4v) is 2.25. The van der Waals surface area contributed by atoms with E-state index in [1.807, 2.05) is 36.4 Å². The highest BCUT2D eigenvalue weighted by molar-refractivity contribution is 5.51. The second-order valence-electron chi connectivity index (χ2n) is 4.94. The van der Waals surface area contributed by atoms with Crippen molar-refractivity contribution < 1.29 is 0 Å². The lowest BCUT2D eigenvalue weighted by Crippen LogP contribution is -2.07. The van der Waals surface area contributed by atoms with Crippen molar-refractivity contribution in [2.45, 2.75) is 13.0 Å². The van der Waals surface area contributed by atoms with Crippen LogP contribution in [0.2, 0.25) is 0 Å². The largest absolute Gasteiger partial charge is 0.378 e. The quantitative estimate of drug-likeness (QED) is 0.750. The third kappa shape index (κ3) is 2.96. The van der Waals surface area contributed by atoms with E-state index >= 15 is 0 Å². The molecule has 108 valence electrons. The van der Waals surface area contributed by atoms with Gasteiger partial charge in [0.15, 0.2) is 0 Å². The molecular formula is C17H15N5. The number of hydrogen-bond acceptors (Lipinski definition) is 4. The first-order chi connectivity index (χ1) is 10.8. The van der Waals surface area contributed by atoms with Crippen LogP contribution in [0.25, 0.3) is 5.69 Å². The molecule has 5 nitrogen and oxygen atoms in total. The molecule has 2 aromatic carbocycles. The van der Waals surface area contributed by atoms with Crippen LogP contribution >= 0.6 is 0 Å². The van der Waals surface area contributed by atoms with E-state index in [1.165, 1.54) is 0 Å². The number of terminal acetylenes is 1. The molecule has 0 aliphatic carbocycles. The Morgan fingerprint density at radius 3 is 2.82 bits per heavy atom. The molecule has 0 aliphatic heterocycles. The van der Waals surface area contributed by atoms with E-state index in [1.54, 1.807) is 11.0 Å². The number of benzene rings is 2. The minimum atomic E-state index is 0.129. The highest BCUT2D eigenvalue weighted by Gasteiger charge is 2.07. The molecule has 0 saturated heterocycles. The van der Waals surface area contributed by atoms with Gasteiger partial charge in [0.2, 0.25) is 0 Å². The molecule has 0 saturated carbocycles. The molecule has 0 spiro atoms. The highest BCUT2D eigenvalue weighted by atomic mass is 15.5. The Bertz CT molecular complexity index is 802. The first kappa shape index (κ1) is 13.8. The van der Waals surface area contributed by atoms with Crippen LogP contribution in [0.1, 0.15) is 24.1 Å². The standard InChI is InChI=1S/C17H15N5/c1-3-14-6-4-8-16(10-14)19-13(2)15-7-5-9-17(11-15)22-12-18-20-21-22/h1,4-13,19H,2H3. The minimum absolute atomic E-state index is 0.129. The first-order valence-corrected chi connectivity index (χ1v) is 6.93. The number of hydrogen-bond donors (Lipinski definition) is 1. The smallest absolute Gasteiger partial charge is 0.143 e. The monoisotopic (exact) mass is 289 g/mol. The summed E-state index contributed by atoms with van der Waals surface area (Å²) in [6.45, 7) is 2.10. The average molecular weight is 289 g/mol. The van der Waals surface area contributed by atoms with Gasteiger partial charge < -0.3 is 5.32 Å². The van der Waals surface area contributed by atoms with Crippen molar-refractivity contribution >= 4 is 5.69 Å². The zero-order chi connectivity index (χ0) is 15.4. The van der Waals surface area contributed by atoms with Crippen LogP contribution in [-0.2, 0) is 0 Å². The molecule has 5 heteroatoms. The van der Waals surface area contributed by atoms with Crippen molar-refractivity contribution in [1.82, 2.24) is 20.2 Å². The van der Waals surface area contributed by atoms with E-state index in [9.17, 15) is 0 Å². The Balaban J connectivity index is 1.82. The van der Waals surface area contributed by atoms with Crippen molar-refractivity contribution in [2.75, 3.05) is 5.32 Å². The number of anilines is 1. The number of rotatable bonds is 4. The Labute approximate surface area is 129 Å². The normalized spacial score (nSPS) is 11.6. The Morgan fingerprint density at radius 1 is 1.18 bits per heavy atom. The molecule has 1 aromatic heterocycles. The zero-order valence-corrected chi connectivity index (χ0v) is 12.1. The number of nitrogens with one attached hydrogen (secondary N) is 1. The summed E-state index contributed by atoms with van der Waals surface area (Å²) >= 11 is 0. The van der Waals surface area contributed by atoms with Crippen molar-refractivity contribution in [3.8, 4) is 18.0 Å². The summed E-state index contributed by atoms with van der Waals surface area (Å²) in [6.07, 6.45) is 7.01. The van der Waals surface area contributed by atoms with Crippen molar-refractivity contribution in [3.05, 3.63) is 66.0 Å². The Morgan fingerprint density at radius 2 is 2.05 bits per heavy atom. The van der Waals surface area contributed by atoms with Gasteiger partial charge in [-0.25, -0.2) is 4.68 Å². The van der Waals surface area contributed by atoms with Crippen LogP contribution in [0.15, 0.2) is 54.9 Å². The molecule has 22 heavy (non-hydrogen) atoms. The fourth-order valence-electron chi connectivity index (χ4n) is 2.25. The molecule has 0 fully saturated rings. The van der Waals surface area contributed by atoms with Crippen LogP contribution in [0.3, 0.4) is 0 Å². The lowest BCUT2D eigenvalue weighted by atomic mass is 10.1. The van der Waals surface area contributed by atoms with E-state index in [-0.39, 0.29) is 6.04 Å². The van der Waals surface area contributed by atoms with Gasteiger partial charge in [-0.2, -0.15) is 0 Å². The SMILES string of the molecule is C#Cc1cccc(NC(C)c2cccc(-n3cnnn3)c2)c1. The topological polar surface area (TPSA) is 55.6 Å². The van der Waals surface area contributed by atoms with Gasteiger partial charge in [-0.05, 0) is 53.2 Å². The molecule has 0 amide bonds. The number of aromatic nitrogens is 4. The maximum Gasteiger partial charge on any atom is 0.143 e. The lowest BCUT2D eigenvalue weighted by Gasteiger charge is -2.16. The van der Waals surface area contributed by atoms with Gasteiger partial charge >= 0.3 is 0 Å². The van der Waals surface area contributed by atoms with Crippen molar-refractivity contribution in [1.29, 1.82) is 0 Å². The summed E-state index contributed by atoms with van der Waals surface area (Å²) in [5.41, 5.74) is 3.92. The average Bonchev–Trinajstić information content (AvgIpc) is 3.09. The van der Waals surface area contributed by atoms with Crippen molar-refractivity contribution in [2.24, 2.45) is 0 Å². The molecular weight excluding hydrogens is 274 g/mol. The predicted molar refractivity (Wildman–Crippen MR) is 85.6 cm³/mol. The van der Waals surface area contributed by atoms with Gasteiger partial charge in [-0.3, -0.25) is 0 Å². The van der Waals surface area contributed by atoms with Gasteiger partial charge in [-0.1, -0.05) is 24.1 Å². The predicted octanol–water partition coefficient (Wildman–Crippen LogP) is 2.82. The first-order valence-electron chi connectivity index (χ1n) is 6.93. The molecule has 3 aromatic rings. The molecule has 1 unspecified atom stereocenters. The van der Waals surface area contributed by atoms with E-state index < -0.39 is 0 Å². The van der Waals surface area contributed by atoms with Crippen LogP contribution in [-0.4, -0.2) is 20.2 Å². The fraction of sp³-hybridized carbons (Fsp3) is 0.118. The van der Waals surface area contributed by atoms with Crippen molar-refractivity contribution in [3.63, 3.8) is 0 Å². The molecule has 0 bridgehead atoms. The van der Waals surface area contributed by atoms with Crippen LogP contribution in [0.5, 0.6) is 0 Å². The molecule has 1 N–H and O–H groups in total. The second kappa shape index (κ2) is 6.10. The van der Waals surface area contributed by atoms with E-state index in [4.69, 9.17) is 6.42 Å². The highest BCUT2D eigenvalue weighted by Crippen LogP contribution is 2.21. The van der Waals surface area contributed by atoms with E-state index in [0.29, 0.717) is 0 Å². The summed E-state index contributed by atoms with van der Waals surface area (Å²) in [5.74, 6) is 2.64. The summed E-state index contributed by atoms with van der Waals surface area (Å²) < 4.78 is 1.63. The van der Waals surface area contributed by atoms with Gasteiger partial charge in [0, 0.05) is 17.3 Å². The Hall–Kier alpha value is -3.13. The zero-order valence-electron chi connectivity index (χ0n) is 12.1. The van der Waals surface area contributed by atoms with E-state index in [0.717, 1.165) is 22.5 Å². The lowest BCUT2D eigenvalue weighted by molar-refractivity contribution is 0.785. The minimum Gasteiger partial charge on any atom is -0.378 e. The van der Waals surface area contributed by atoms with Crippen LogP contribution in [0, 0.1) is 12.3 Å². The summed E-state index contributed by atoms with van der Waals surface area (Å²) in [5, 5.41) is 14.7.